The Labute approximate surface area is 104 Å². The summed E-state index contributed by atoms with van der Waals surface area (Å²) in [6.07, 6.45) is 0. The highest BCUT2D eigenvalue weighted by atomic mass is 79.9. The van der Waals surface area contributed by atoms with Crippen LogP contribution < -0.4 is 5.32 Å². The summed E-state index contributed by atoms with van der Waals surface area (Å²) in [5.74, 6) is -2.07. The molecule has 0 fully saturated rings. The second kappa shape index (κ2) is 3.53. The molecule has 17 heavy (non-hydrogen) atoms. The van der Waals surface area contributed by atoms with Crippen molar-refractivity contribution in [3.8, 4) is 0 Å². The van der Waals surface area contributed by atoms with Gasteiger partial charge >= 0.3 is 0 Å². The number of aromatic nitrogens is 1. The van der Waals surface area contributed by atoms with Crippen molar-refractivity contribution < 1.29 is 13.6 Å². The monoisotopic (exact) mass is 300 g/mol. The molecule has 0 saturated heterocycles. The summed E-state index contributed by atoms with van der Waals surface area (Å²) in [5, 5.41) is 3.20. The van der Waals surface area contributed by atoms with Crippen LogP contribution in [0.15, 0.2) is 16.6 Å². The lowest BCUT2D eigenvalue weighted by Crippen LogP contribution is -2.34. The summed E-state index contributed by atoms with van der Waals surface area (Å²) in [7, 11) is 0. The van der Waals surface area contributed by atoms with Gasteiger partial charge in [0, 0.05) is 18.5 Å². The highest BCUT2D eigenvalue weighted by Gasteiger charge is 2.23. The number of rotatable bonds is 0. The molecular weight excluding hydrogens is 294 g/mol. The van der Waals surface area contributed by atoms with E-state index in [1.807, 2.05) is 0 Å². The van der Waals surface area contributed by atoms with Gasteiger partial charge in [0.2, 0.25) is 0 Å². The molecule has 1 N–H and O–H groups in total. The molecule has 3 rings (SSSR count). The molecule has 0 aliphatic carbocycles. The van der Waals surface area contributed by atoms with Gasteiger partial charge in [0.15, 0.2) is 11.6 Å². The Morgan fingerprint density at radius 2 is 2.12 bits per heavy atom. The average Bonchev–Trinajstić information content (AvgIpc) is 2.66. The van der Waals surface area contributed by atoms with Crippen molar-refractivity contribution in [2.45, 2.75) is 6.54 Å². The molecule has 3 nitrogen and oxygen atoms in total. The molecule has 0 unspecified atom stereocenters. The van der Waals surface area contributed by atoms with Crippen LogP contribution in [-0.2, 0) is 6.54 Å². The minimum atomic E-state index is -0.926. The first-order valence-corrected chi connectivity index (χ1v) is 5.84. The summed E-state index contributed by atoms with van der Waals surface area (Å²) < 4.78 is 28.5. The van der Waals surface area contributed by atoms with Crippen LogP contribution in [0.2, 0.25) is 0 Å². The summed E-state index contributed by atoms with van der Waals surface area (Å²) >= 11 is 3.04. The van der Waals surface area contributed by atoms with Crippen LogP contribution >= 0.6 is 15.9 Å². The molecule has 1 aliphatic heterocycles. The van der Waals surface area contributed by atoms with Gasteiger partial charge in [-0.25, -0.2) is 8.78 Å². The number of hydrogen-bond acceptors (Lipinski definition) is 1. The van der Waals surface area contributed by atoms with Crippen molar-refractivity contribution in [2.75, 3.05) is 6.54 Å². The minimum absolute atomic E-state index is 0.0634. The van der Waals surface area contributed by atoms with Crippen molar-refractivity contribution >= 4 is 32.7 Å². The molecule has 88 valence electrons. The van der Waals surface area contributed by atoms with Gasteiger partial charge in [-0.2, -0.15) is 0 Å². The van der Waals surface area contributed by atoms with Crippen LogP contribution in [0.1, 0.15) is 10.5 Å². The van der Waals surface area contributed by atoms with Crippen LogP contribution in [0.4, 0.5) is 8.78 Å². The average molecular weight is 301 g/mol. The van der Waals surface area contributed by atoms with Gasteiger partial charge in [-0.3, -0.25) is 4.79 Å². The normalized spacial score (nSPS) is 14.9. The van der Waals surface area contributed by atoms with Gasteiger partial charge < -0.3 is 9.88 Å². The molecule has 6 heteroatoms. The van der Waals surface area contributed by atoms with E-state index in [4.69, 9.17) is 0 Å². The zero-order valence-corrected chi connectivity index (χ0v) is 10.1. The quantitative estimate of drug-likeness (QED) is 0.745. The number of benzene rings is 1. The van der Waals surface area contributed by atoms with E-state index >= 15 is 0 Å². The fourth-order valence-electron chi connectivity index (χ4n) is 2.13. The van der Waals surface area contributed by atoms with Gasteiger partial charge in [-0.15, -0.1) is 0 Å². The number of nitrogens with zero attached hydrogens (tertiary/aromatic N) is 1. The van der Waals surface area contributed by atoms with E-state index in [-0.39, 0.29) is 10.4 Å². The number of halogens is 3. The summed E-state index contributed by atoms with van der Waals surface area (Å²) in [6.45, 7) is 1.04. The molecule has 1 aliphatic rings. The fourth-order valence-corrected chi connectivity index (χ4v) is 2.76. The van der Waals surface area contributed by atoms with E-state index in [1.165, 1.54) is 0 Å². The third kappa shape index (κ3) is 1.40. The smallest absolute Gasteiger partial charge is 0.268 e. The van der Waals surface area contributed by atoms with E-state index in [0.29, 0.717) is 29.7 Å². The second-order valence-corrected chi connectivity index (χ2v) is 4.65. The standard InChI is InChI=1S/C11H7BrF2N2O/c12-8-9(14)6(13)3-5-4-7-11(17)15-1-2-16(7)10(5)8/h3-4H,1-2H2,(H,15,17). The number of nitrogens with one attached hydrogen (secondary N) is 1. The molecule has 1 amide bonds. The Hall–Kier alpha value is -1.43. The van der Waals surface area contributed by atoms with Crippen molar-refractivity contribution in [1.29, 1.82) is 0 Å². The maximum atomic E-state index is 13.5. The molecule has 2 aromatic rings. The summed E-state index contributed by atoms with van der Waals surface area (Å²) in [4.78, 5) is 11.6. The molecule has 0 spiro atoms. The predicted molar refractivity (Wildman–Crippen MR) is 61.9 cm³/mol. The first kappa shape index (κ1) is 10.7. The second-order valence-electron chi connectivity index (χ2n) is 3.86. The van der Waals surface area contributed by atoms with Crippen molar-refractivity contribution in [3.63, 3.8) is 0 Å². The summed E-state index contributed by atoms with van der Waals surface area (Å²) in [5.41, 5.74) is 0.950. The van der Waals surface area contributed by atoms with Gasteiger partial charge in [0.25, 0.3) is 5.91 Å². The maximum absolute atomic E-state index is 13.5. The van der Waals surface area contributed by atoms with Gasteiger partial charge in [0.1, 0.15) is 5.69 Å². The molecule has 2 heterocycles. The Morgan fingerprint density at radius 3 is 2.88 bits per heavy atom. The number of hydrogen-bond donors (Lipinski definition) is 1. The molecule has 0 saturated carbocycles. The van der Waals surface area contributed by atoms with Gasteiger partial charge in [-0.05, 0) is 28.1 Å². The Bertz CT molecular complexity index is 651. The highest BCUT2D eigenvalue weighted by Crippen LogP contribution is 2.32. The van der Waals surface area contributed by atoms with Crippen molar-refractivity contribution in [1.82, 2.24) is 9.88 Å². The van der Waals surface area contributed by atoms with Crippen LogP contribution in [0, 0.1) is 11.6 Å². The Morgan fingerprint density at radius 1 is 1.35 bits per heavy atom. The maximum Gasteiger partial charge on any atom is 0.268 e. The van der Waals surface area contributed by atoms with E-state index in [0.717, 1.165) is 6.07 Å². The first-order valence-electron chi connectivity index (χ1n) is 5.04. The van der Waals surface area contributed by atoms with E-state index in [9.17, 15) is 13.6 Å². The number of carbonyl (C=O) groups excluding carboxylic acids is 1. The molecule has 1 aromatic heterocycles. The van der Waals surface area contributed by atoms with Gasteiger partial charge in [0.05, 0.1) is 9.99 Å². The zero-order chi connectivity index (χ0) is 12.2. The fraction of sp³-hybridized carbons (Fsp3) is 0.182. The Kier molecular flexibility index (Phi) is 2.22. The third-order valence-corrected chi connectivity index (χ3v) is 3.60. The molecule has 0 atom stereocenters. The van der Waals surface area contributed by atoms with E-state index in [1.54, 1.807) is 10.6 Å². The topological polar surface area (TPSA) is 34.0 Å². The lowest BCUT2D eigenvalue weighted by atomic mass is 10.2. The third-order valence-electron chi connectivity index (χ3n) is 2.87. The van der Waals surface area contributed by atoms with Crippen LogP contribution in [0.25, 0.3) is 10.9 Å². The molecule has 0 radical (unpaired) electrons. The molecular formula is C11H7BrF2N2O. The molecule has 0 bridgehead atoms. The van der Waals surface area contributed by atoms with Crippen LogP contribution in [0.5, 0.6) is 0 Å². The Balaban J connectivity index is 2.43. The van der Waals surface area contributed by atoms with Crippen LogP contribution in [0.3, 0.4) is 0 Å². The highest BCUT2D eigenvalue weighted by molar-refractivity contribution is 9.10. The number of amides is 1. The largest absolute Gasteiger partial charge is 0.349 e. The van der Waals surface area contributed by atoms with Crippen molar-refractivity contribution in [2.24, 2.45) is 0 Å². The predicted octanol–water partition coefficient (Wildman–Crippen LogP) is 2.43. The number of carbonyl (C=O) groups is 1. The minimum Gasteiger partial charge on any atom is -0.349 e. The molecule has 1 aromatic carbocycles. The van der Waals surface area contributed by atoms with E-state index in [2.05, 4.69) is 21.2 Å². The first-order chi connectivity index (χ1) is 8.09. The lowest BCUT2D eigenvalue weighted by Gasteiger charge is -2.17. The van der Waals surface area contributed by atoms with Gasteiger partial charge in [-0.1, -0.05) is 0 Å². The SMILES string of the molecule is O=C1NCCn2c1cc1cc(F)c(F)c(Br)c12. The number of fused-ring (bicyclic) bond motifs is 3. The zero-order valence-electron chi connectivity index (χ0n) is 8.56. The van der Waals surface area contributed by atoms with Crippen LogP contribution in [-0.4, -0.2) is 17.0 Å². The summed E-state index contributed by atoms with van der Waals surface area (Å²) in [6, 6.07) is 2.67. The van der Waals surface area contributed by atoms with E-state index < -0.39 is 11.6 Å². The lowest BCUT2D eigenvalue weighted by molar-refractivity contribution is 0.0929. The van der Waals surface area contributed by atoms with Crippen molar-refractivity contribution in [3.05, 3.63) is 33.9 Å².